The van der Waals surface area contributed by atoms with Crippen molar-refractivity contribution >= 4 is 41.3 Å². The molecule has 0 aliphatic carbocycles. The molecule has 4 rings (SSSR count). The molecule has 0 saturated carbocycles. The molecule has 0 saturated heterocycles. The molecule has 24 heavy (non-hydrogen) atoms. The van der Waals surface area contributed by atoms with Gasteiger partial charge in [0, 0.05) is 71.3 Å². The molecule has 0 aromatic carbocycles. The number of hydrogen-bond acceptors (Lipinski definition) is 5. The summed E-state index contributed by atoms with van der Waals surface area (Å²) >= 11 is 1.74. The molecular weight excluding hydrogens is 335 g/mol. The second-order valence-corrected chi connectivity index (χ2v) is 6.19. The topological polar surface area (TPSA) is 72.8 Å². The number of aromatic amines is 1. The quantitative estimate of drug-likeness (QED) is 0.729. The number of ether oxygens (including phenoxy) is 1. The molecule has 4 heterocycles. The number of aromatic nitrogens is 4. The number of nitrogens with one attached hydrogen (secondary N) is 1. The normalized spacial score (nSPS) is 12.5. The average molecular weight is 349 g/mol. The maximum atomic E-state index is 12.4. The average Bonchev–Trinajstić information content (AvgIpc) is 3.17. The van der Waals surface area contributed by atoms with E-state index in [1.165, 1.54) is 4.68 Å². The second-order valence-electron chi connectivity index (χ2n) is 5.20. The zero-order valence-corrected chi connectivity index (χ0v) is 16.0. The monoisotopic (exact) mass is 349 g/mol. The van der Waals surface area contributed by atoms with Crippen LogP contribution in [0.4, 0.5) is 0 Å². The molecule has 0 atom stereocenters. The van der Waals surface area contributed by atoms with E-state index >= 15 is 0 Å². The molecular formula is C16H14N4NaO2S. The van der Waals surface area contributed by atoms with Crippen LogP contribution in [0.3, 0.4) is 0 Å². The van der Waals surface area contributed by atoms with Gasteiger partial charge in [0.15, 0.2) is 5.82 Å². The van der Waals surface area contributed by atoms with Crippen LogP contribution in [0, 0.1) is 0 Å². The Labute approximate surface area is 164 Å². The molecule has 3 aromatic rings. The number of pyridine rings is 2. The number of nitrogens with zero attached hydrogens (tertiary/aromatic N) is 3. The Morgan fingerprint density at radius 2 is 2.21 bits per heavy atom. The van der Waals surface area contributed by atoms with Crippen LogP contribution in [0.5, 0.6) is 5.75 Å². The number of fused-ring (bicyclic) bond motifs is 1. The van der Waals surface area contributed by atoms with Crippen molar-refractivity contribution in [3.05, 3.63) is 70.0 Å². The Morgan fingerprint density at radius 1 is 1.29 bits per heavy atom. The van der Waals surface area contributed by atoms with Crippen LogP contribution in [0.25, 0.3) is 5.82 Å². The molecule has 1 aliphatic heterocycles. The van der Waals surface area contributed by atoms with E-state index < -0.39 is 0 Å². The van der Waals surface area contributed by atoms with Gasteiger partial charge in [-0.25, -0.2) is 9.67 Å². The van der Waals surface area contributed by atoms with Gasteiger partial charge in [-0.15, -0.1) is 0 Å². The van der Waals surface area contributed by atoms with E-state index in [-0.39, 0.29) is 35.1 Å². The molecule has 0 amide bonds. The summed E-state index contributed by atoms with van der Waals surface area (Å²) < 4.78 is 7.25. The van der Waals surface area contributed by atoms with Gasteiger partial charge in [0.1, 0.15) is 12.4 Å². The molecule has 6 nitrogen and oxygen atoms in total. The standard InChI is InChI=1S/C16H14N4O2S.Na/c21-16-13-9-23-10-14(13)19-20(16)15-6-12(3-5-18-15)22-8-11-2-1-4-17-7-11;/h1-7,19H,8-10H2;. The minimum atomic E-state index is -0.0260. The first-order chi connectivity index (χ1) is 11.3. The fourth-order valence-electron chi connectivity index (χ4n) is 2.46. The van der Waals surface area contributed by atoms with Crippen LogP contribution in [-0.4, -0.2) is 49.3 Å². The molecule has 1 N–H and O–H groups in total. The zero-order chi connectivity index (χ0) is 15.6. The molecule has 117 valence electrons. The van der Waals surface area contributed by atoms with E-state index in [1.54, 1.807) is 42.5 Å². The number of H-pyrrole nitrogens is 1. The summed E-state index contributed by atoms with van der Waals surface area (Å²) in [5.74, 6) is 2.80. The van der Waals surface area contributed by atoms with Crippen molar-refractivity contribution in [2.45, 2.75) is 18.1 Å². The molecule has 0 bridgehead atoms. The van der Waals surface area contributed by atoms with Gasteiger partial charge in [0.25, 0.3) is 5.56 Å². The third-order valence-corrected chi connectivity index (χ3v) is 4.63. The maximum absolute atomic E-state index is 12.4. The van der Waals surface area contributed by atoms with E-state index in [2.05, 4.69) is 15.1 Å². The van der Waals surface area contributed by atoms with Gasteiger partial charge in [-0.2, -0.15) is 11.8 Å². The summed E-state index contributed by atoms with van der Waals surface area (Å²) in [6.45, 7) is 0.421. The Kier molecular flexibility index (Phi) is 5.45. The van der Waals surface area contributed by atoms with Gasteiger partial charge in [0.05, 0.1) is 11.3 Å². The summed E-state index contributed by atoms with van der Waals surface area (Å²) in [5, 5.41) is 3.13. The number of rotatable bonds is 4. The molecule has 8 heteroatoms. The second kappa shape index (κ2) is 7.57. The zero-order valence-electron chi connectivity index (χ0n) is 13.2. The van der Waals surface area contributed by atoms with E-state index in [4.69, 9.17) is 4.74 Å². The maximum Gasteiger partial charge on any atom is 0.276 e. The van der Waals surface area contributed by atoms with E-state index in [9.17, 15) is 4.79 Å². The van der Waals surface area contributed by atoms with E-state index in [0.717, 1.165) is 28.3 Å². The summed E-state index contributed by atoms with van der Waals surface area (Å²) in [5.41, 5.74) is 2.79. The fourth-order valence-corrected chi connectivity index (χ4v) is 3.51. The Bertz CT molecular complexity index is 895. The predicted octanol–water partition coefficient (Wildman–Crippen LogP) is 1.90. The SMILES string of the molecule is O=c1c2c([nH]n1-c1cc(OCc3cccnc3)ccn1)CSC2.[Na]. The fraction of sp³-hybridized carbons (Fsp3) is 0.188. The molecule has 0 spiro atoms. The van der Waals surface area contributed by atoms with E-state index in [1.807, 2.05) is 12.1 Å². The van der Waals surface area contributed by atoms with Crippen molar-refractivity contribution in [3.63, 3.8) is 0 Å². The minimum absolute atomic E-state index is 0. The van der Waals surface area contributed by atoms with Gasteiger partial charge >= 0.3 is 0 Å². The van der Waals surface area contributed by atoms with Crippen LogP contribution in [0.2, 0.25) is 0 Å². The molecule has 3 aromatic heterocycles. The smallest absolute Gasteiger partial charge is 0.276 e. The van der Waals surface area contributed by atoms with Crippen molar-refractivity contribution in [1.82, 2.24) is 19.7 Å². The number of thioether (sulfide) groups is 1. The third-order valence-electron chi connectivity index (χ3n) is 3.64. The largest absolute Gasteiger partial charge is 0.489 e. The number of hydrogen-bond donors (Lipinski definition) is 1. The first-order valence-corrected chi connectivity index (χ1v) is 8.35. The summed E-state index contributed by atoms with van der Waals surface area (Å²) in [6, 6.07) is 7.36. The Hall–Kier alpha value is -1.54. The van der Waals surface area contributed by atoms with Gasteiger partial charge in [0.2, 0.25) is 0 Å². The third kappa shape index (κ3) is 3.44. The minimum Gasteiger partial charge on any atom is -0.489 e. The van der Waals surface area contributed by atoms with Gasteiger partial charge in [-0.1, -0.05) is 6.07 Å². The van der Waals surface area contributed by atoms with Crippen LogP contribution < -0.4 is 10.3 Å². The molecule has 1 radical (unpaired) electrons. The molecule has 1 aliphatic rings. The van der Waals surface area contributed by atoms with Crippen LogP contribution in [-0.2, 0) is 18.1 Å². The van der Waals surface area contributed by atoms with Gasteiger partial charge < -0.3 is 4.74 Å². The van der Waals surface area contributed by atoms with Crippen LogP contribution in [0.1, 0.15) is 16.8 Å². The van der Waals surface area contributed by atoms with Gasteiger partial charge in [-0.3, -0.25) is 14.9 Å². The summed E-state index contributed by atoms with van der Waals surface area (Å²) in [6.07, 6.45) is 5.13. The first kappa shape index (κ1) is 17.3. The van der Waals surface area contributed by atoms with Crippen LogP contribution >= 0.6 is 11.8 Å². The van der Waals surface area contributed by atoms with Gasteiger partial charge in [-0.05, 0) is 12.1 Å². The molecule has 0 unspecified atom stereocenters. The van der Waals surface area contributed by atoms with Crippen molar-refractivity contribution in [1.29, 1.82) is 0 Å². The summed E-state index contributed by atoms with van der Waals surface area (Å²) in [4.78, 5) is 20.7. The summed E-state index contributed by atoms with van der Waals surface area (Å²) in [7, 11) is 0. The van der Waals surface area contributed by atoms with Crippen molar-refractivity contribution < 1.29 is 4.74 Å². The van der Waals surface area contributed by atoms with E-state index in [0.29, 0.717) is 18.2 Å². The first-order valence-electron chi connectivity index (χ1n) is 7.20. The Morgan fingerprint density at radius 3 is 3.00 bits per heavy atom. The van der Waals surface area contributed by atoms with Crippen molar-refractivity contribution in [2.24, 2.45) is 0 Å². The van der Waals surface area contributed by atoms with Crippen molar-refractivity contribution in [3.8, 4) is 11.6 Å². The Balaban J connectivity index is 0.00000169. The predicted molar refractivity (Wildman–Crippen MR) is 93.5 cm³/mol. The van der Waals surface area contributed by atoms with Crippen LogP contribution in [0.15, 0.2) is 47.7 Å². The van der Waals surface area contributed by atoms with Crippen molar-refractivity contribution in [2.75, 3.05) is 0 Å². The molecule has 0 fully saturated rings.